The second kappa shape index (κ2) is 7.81. The number of rotatable bonds is 4. The highest BCUT2D eigenvalue weighted by molar-refractivity contribution is 5.99. The van der Waals surface area contributed by atoms with E-state index in [0.717, 1.165) is 25.7 Å². The van der Waals surface area contributed by atoms with Crippen molar-refractivity contribution in [2.75, 3.05) is 0 Å². The number of hydrogen-bond acceptors (Lipinski definition) is 5. The van der Waals surface area contributed by atoms with E-state index in [1.807, 2.05) is 0 Å². The van der Waals surface area contributed by atoms with Crippen molar-refractivity contribution < 1.29 is 24.2 Å². The fraction of sp³-hybridized carbons (Fsp3) is 0.471. The molecule has 1 aliphatic carbocycles. The van der Waals surface area contributed by atoms with Crippen molar-refractivity contribution in [1.29, 1.82) is 0 Å². The van der Waals surface area contributed by atoms with E-state index in [9.17, 15) is 19.5 Å². The Kier molecular flexibility index (Phi) is 5.78. The van der Waals surface area contributed by atoms with Gasteiger partial charge in [-0.2, -0.15) is 0 Å². The van der Waals surface area contributed by atoms with Crippen molar-refractivity contribution in [1.82, 2.24) is 10.6 Å². The highest BCUT2D eigenvalue weighted by Gasteiger charge is 2.24. The second-order valence-electron chi connectivity index (χ2n) is 5.96. The third-order valence-corrected chi connectivity index (χ3v) is 4.04. The number of benzene rings is 1. The molecular weight excluding hydrogens is 312 g/mol. The topological polar surface area (TPSA) is 105 Å². The van der Waals surface area contributed by atoms with Gasteiger partial charge in [0.15, 0.2) is 6.10 Å². The lowest BCUT2D eigenvalue weighted by Crippen LogP contribution is -2.47. The molecule has 130 valence electrons. The Labute approximate surface area is 140 Å². The van der Waals surface area contributed by atoms with Gasteiger partial charge in [-0.3, -0.25) is 10.1 Å². The average molecular weight is 334 g/mol. The maximum Gasteiger partial charge on any atom is 0.342 e. The summed E-state index contributed by atoms with van der Waals surface area (Å²) in [5, 5.41) is 14.7. The van der Waals surface area contributed by atoms with Crippen LogP contribution in [0, 0.1) is 6.92 Å². The lowest BCUT2D eigenvalue weighted by Gasteiger charge is -2.16. The monoisotopic (exact) mass is 334 g/mol. The molecule has 0 spiro atoms. The van der Waals surface area contributed by atoms with Crippen LogP contribution in [0.25, 0.3) is 0 Å². The van der Waals surface area contributed by atoms with Gasteiger partial charge in [-0.1, -0.05) is 25.0 Å². The molecule has 0 aliphatic heterocycles. The molecule has 0 bridgehead atoms. The summed E-state index contributed by atoms with van der Waals surface area (Å²) in [5.74, 6) is -1.73. The van der Waals surface area contributed by atoms with Crippen molar-refractivity contribution in [3.05, 3.63) is 29.3 Å². The summed E-state index contributed by atoms with van der Waals surface area (Å²) in [6, 6.07) is 4.15. The first kappa shape index (κ1) is 17.8. The van der Waals surface area contributed by atoms with Crippen molar-refractivity contribution in [3.8, 4) is 5.75 Å². The van der Waals surface area contributed by atoms with Crippen LogP contribution in [0.2, 0.25) is 0 Å². The molecule has 0 aromatic heterocycles. The molecule has 3 amide bonds. The maximum absolute atomic E-state index is 12.0. The fourth-order valence-corrected chi connectivity index (χ4v) is 2.61. The van der Waals surface area contributed by atoms with Crippen molar-refractivity contribution >= 4 is 17.9 Å². The molecule has 0 unspecified atom stereocenters. The predicted molar refractivity (Wildman–Crippen MR) is 86.7 cm³/mol. The number of nitrogens with one attached hydrogen (secondary N) is 2. The van der Waals surface area contributed by atoms with Crippen LogP contribution in [-0.2, 0) is 9.53 Å². The molecule has 7 nitrogen and oxygen atoms in total. The Balaban J connectivity index is 1.87. The minimum Gasteiger partial charge on any atom is -0.507 e. The van der Waals surface area contributed by atoms with E-state index in [0.29, 0.717) is 5.56 Å². The van der Waals surface area contributed by atoms with Crippen LogP contribution >= 0.6 is 0 Å². The molecule has 0 saturated heterocycles. The molecule has 1 atom stereocenters. The van der Waals surface area contributed by atoms with E-state index in [1.165, 1.54) is 13.0 Å². The molecule has 0 heterocycles. The van der Waals surface area contributed by atoms with Crippen LogP contribution in [0.4, 0.5) is 4.79 Å². The Morgan fingerprint density at radius 1 is 1.25 bits per heavy atom. The standard InChI is InChI=1S/C17H22N2O5/c1-10-6-5-9-13(14(10)20)16(22)24-11(2)15(21)19-17(23)18-12-7-3-4-8-12/h5-6,9,11-12,20H,3-4,7-8H2,1-2H3,(H2,18,19,21,23)/t11-/m1/s1. The normalized spacial score (nSPS) is 15.6. The fourth-order valence-electron chi connectivity index (χ4n) is 2.61. The van der Waals surface area contributed by atoms with E-state index in [-0.39, 0.29) is 17.4 Å². The summed E-state index contributed by atoms with van der Waals surface area (Å²) < 4.78 is 5.01. The number of phenolic OH excluding ortho intramolecular Hbond substituents is 1. The van der Waals surface area contributed by atoms with Crippen LogP contribution in [0.5, 0.6) is 5.75 Å². The first-order valence-corrected chi connectivity index (χ1v) is 7.99. The number of aromatic hydroxyl groups is 1. The summed E-state index contributed by atoms with van der Waals surface area (Å²) in [7, 11) is 0. The smallest absolute Gasteiger partial charge is 0.342 e. The van der Waals surface area contributed by atoms with Gasteiger partial charge in [0, 0.05) is 6.04 Å². The number of para-hydroxylation sites is 1. The predicted octanol–water partition coefficient (Wildman–Crippen LogP) is 2.01. The van der Waals surface area contributed by atoms with E-state index < -0.39 is 24.0 Å². The van der Waals surface area contributed by atoms with Gasteiger partial charge in [0.25, 0.3) is 5.91 Å². The zero-order valence-corrected chi connectivity index (χ0v) is 13.8. The summed E-state index contributed by atoms with van der Waals surface area (Å²) >= 11 is 0. The average Bonchev–Trinajstić information content (AvgIpc) is 3.02. The van der Waals surface area contributed by atoms with E-state index in [4.69, 9.17) is 4.74 Å². The molecule has 24 heavy (non-hydrogen) atoms. The maximum atomic E-state index is 12.0. The number of esters is 1. The van der Waals surface area contributed by atoms with Crippen LogP contribution < -0.4 is 10.6 Å². The lowest BCUT2D eigenvalue weighted by atomic mass is 10.1. The highest BCUT2D eigenvalue weighted by atomic mass is 16.5. The van der Waals surface area contributed by atoms with E-state index >= 15 is 0 Å². The second-order valence-corrected chi connectivity index (χ2v) is 5.96. The summed E-state index contributed by atoms with van der Waals surface area (Å²) in [4.78, 5) is 35.7. The van der Waals surface area contributed by atoms with Crippen molar-refractivity contribution in [2.45, 2.75) is 51.7 Å². The van der Waals surface area contributed by atoms with Crippen LogP contribution in [0.15, 0.2) is 18.2 Å². The zero-order chi connectivity index (χ0) is 17.7. The number of hydrogen-bond donors (Lipinski definition) is 3. The Bertz CT molecular complexity index is 638. The summed E-state index contributed by atoms with van der Waals surface area (Å²) in [5.41, 5.74) is 0.502. The number of carbonyl (C=O) groups excluding carboxylic acids is 3. The largest absolute Gasteiger partial charge is 0.507 e. The Morgan fingerprint density at radius 2 is 1.92 bits per heavy atom. The third kappa shape index (κ3) is 4.47. The van der Waals surface area contributed by atoms with Crippen LogP contribution in [-0.4, -0.2) is 35.2 Å². The van der Waals surface area contributed by atoms with Gasteiger partial charge in [0.2, 0.25) is 0 Å². The SMILES string of the molecule is Cc1cccc(C(=O)O[C@H](C)C(=O)NC(=O)NC2CCCC2)c1O. The van der Waals surface area contributed by atoms with Crippen molar-refractivity contribution in [3.63, 3.8) is 0 Å². The molecule has 1 saturated carbocycles. The molecule has 2 rings (SSSR count). The molecule has 1 aromatic rings. The number of aryl methyl sites for hydroxylation is 1. The highest BCUT2D eigenvalue weighted by Crippen LogP contribution is 2.22. The number of imide groups is 1. The van der Waals surface area contributed by atoms with Gasteiger partial charge in [0.05, 0.1) is 0 Å². The molecule has 7 heteroatoms. The number of carbonyl (C=O) groups is 3. The molecule has 0 radical (unpaired) electrons. The van der Waals surface area contributed by atoms with Crippen molar-refractivity contribution in [2.24, 2.45) is 0 Å². The number of ether oxygens (including phenoxy) is 1. The molecule has 1 fully saturated rings. The van der Waals surface area contributed by atoms with Gasteiger partial charge >= 0.3 is 12.0 Å². The molecule has 1 aromatic carbocycles. The van der Waals surface area contributed by atoms with E-state index in [2.05, 4.69) is 10.6 Å². The third-order valence-electron chi connectivity index (χ3n) is 4.04. The van der Waals surface area contributed by atoms with Gasteiger partial charge in [0.1, 0.15) is 11.3 Å². The van der Waals surface area contributed by atoms with Gasteiger partial charge in [-0.05, 0) is 38.3 Å². The minimum absolute atomic E-state index is 0.0231. The van der Waals surface area contributed by atoms with Crippen LogP contribution in [0.1, 0.15) is 48.5 Å². The number of amides is 3. The minimum atomic E-state index is -1.16. The van der Waals surface area contributed by atoms with Gasteiger partial charge < -0.3 is 15.2 Å². The molecular formula is C17H22N2O5. The Morgan fingerprint density at radius 3 is 2.58 bits per heavy atom. The molecule has 1 aliphatic rings. The first-order chi connectivity index (χ1) is 11.4. The summed E-state index contributed by atoms with van der Waals surface area (Å²) in [6.45, 7) is 3.01. The zero-order valence-electron chi connectivity index (χ0n) is 13.8. The molecule has 3 N–H and O–H groups in total. The lowest BCUT2D eigenvalue weighted by molar-refractivity contribution is -0.127. The summed E-state index contributed by atoms with van der Waals surface area (Å²) in [6.07, 6.45) is 2.77. The number of urea groups is 1. The van der Waals surface area contributed by atoms with Crippen LogP contribution in [0.3, 0.4) is 0 Å². The Hall–Kier alpha value is -2.57. The van der Waals surface area contributed by atoms with Gasteiger partial charge in [-0.25, -0.2) is 9.59 Å². The van der Waals surface area contributed by atoms with Gasteiger partial charge in [-0.15, -0.1) is 0 Å². The van der Waals surface area contributed by atoms with E-state index in [1.54, 1.807) is 19.1 Å². The first-order valence-electron chi connectivity index (χ1n) is 7.99. The number of phenols is 1. The quantitative estimate of drug-likeness (QED) is 0.731.